The van der Waals surface area contributed by atoms with E-state index < -0.39 is 17.4 Å². The molecule has 1 saturated heterocycles. The van der Waals surface area contributed by atoms with Gasteiger partial charge in [-0.05, 0) is 44.3 Å². The molecule has 0 saturated carbocycles. The minimum Gasteiger partial charge on any atom is -0.394 e. The topological polar surface area (TPSA) is 87.7 Å². The van der Waals surface area contributed by atoms with Gasteiger partial charge in [0.1, 0.15) is 0 Å². The van der Waals surface area contributed by atoms with Gasteiger partial charge in [0.15, 0.2) is 0 Å². The third-order valence-corrected chi connectivity index (χ3v) is 5.68. The summed E-state index contributed by atoms with van der Waals surface area (Å²) < 4.78 is 5.71. The molecular weight excluding hydrogens is 328 g/mol. The number of amides is 2. The molecule has 2 aliphatic rings. The monoisotopic (exact) mass is 356 g/mol. The van der Waals surface area contributed by atoms with E-state index in [2.05, 4.69) is 16.7 Å². The Bertz CT molecular complexity index is 462. The zero-order valence-electron chi connectivity index (χ0n) is 14.1. The first kappa shape index (κ1) is 19.3. The Morgan fingerprint density at radius 3 is 2.79 bits per heavy atom. The number of rotatable bonds is 8. The predicted molar refractivity (Wildman–Crippen MR) is 94.9 cm³/mol. The molecule has 1 aliphatic carbocycles. The Balaban J connectivity index is 1.68. The fourth-order valence-corrected chi connectivity index (χ4v) is 4.39. The lowest BCUT2D eigenvalue weighted by molar-refractivity contribution is -0.140. The number of hydrogen-bond acceptors (Lipinski definition) is 5. The highest BCUT2D eigenvalue weighted by Gasteiger charge is 2.36. The SMILES string of the molecule is O=C(NCCC1=CCCCC1)C(=O)NCC1(OCCO)CCSC1. The number of carbonyl (C=O) groups is 2. The van der Waals surface area contributed by atoms with Crippen molar-refractivity contribution in [3.05, 3.63) is 11.6 Å². The third-order valence-electron chi connectivity index (χ3n) is 4.46. The Morgan fingerprint density at radius 1 is 1.29 bits per heavy atom. The molecule has 0 aromatic carbocycles. The summed E-state index contributed by atoms with van der Waals surface area (Å²) >= 11 is 1.76. The molecule has 7 heteroatoms. The summed E-state index contributed by atoms with van der Waals surface area (Å²) in [5.41, 5.74) is 0.914. The van der Waals surface area contributed by atoms with Crippen LogP contribution in [-0.4, -0.2) is 60.3 Å². The average molecular weight is 356 g/mol. The van der Waals surface area contributed by atoms with Crippen molar-refractivity contribution >= 4 is 23.6 Å². The number of aliphatic hydroxyl groups is 1. The van der Waals surface area contributed by atoms with Crippen molar-refractivity contribution in [2.45, 2.75) is 44.1 Å². The molecule has 24 heavy (non-hydrogen) atoms. The van der Waals surface area contributed by atoms with Crippen molar-refractivity contribution < 1.29 is 19.4 Å². The van der Waals surface area contributed by atoms with Gasteiger partial charge in [-0.25, -0.2) is 0 Å². The van der Waals surface area contributed by atoms with E-state index in [0.29, 0.717) is 13.1 Å². The van der Waals surface area contributed by atoms with Crippen molar-refractivity contribution in [1.29, 1.82) is 0 Å². The number of allylic oxidation sites excluding steroid dienone is 1. The molecule has 1 atom stereocenters. The first-order valence-electron chi connectivity index (χ1n) is 8.72. The second-order valence-electron chi connectivity index (χ2n) is 6.35. The quantitative estimate of drug-likeness (QED) is 0.446. The summed E-state index contributed by atoms with van der Waals surface area (Å²) in [4.78, 5) is 23.8. The Kier molecular flexibility index (Phi) is 8.08. The molecule has 3 N–H and O–H groups in total. The molecule has 2 amide bonds. The van der Waals surface area contributed by atoms with Crippen LogP contribution in [0.5, 0.6) is 0 Å². The molecule has 0 spiro atoms. The summed E-state index contributed by atoms with van der Waals surface area (Å²) in [6.45, 7) is 1.01. The molecule has 136 valence electrons. The minimum atomic E-state index is -0.614. The van der Waals surface area contributed by atoms with Crippen LogP contribution in [0.1, 0.15) is 38.5 Å². The van der Waals surface area contributed by atoms with Crippen LogP contribution in [0.15, 0.2) is 11.6 Å². The van der Waals surface area contributed by atoms with E-state index in [9.17, 15) is 9.59 Å². The fraction of sp³-hybridized carbons (Fsp3) is 0.765. The fourth-order valence-electron chi connectivity index (χ4n) is 3.03. The lowest BCUT2D eigenvalue weighted by atomic mass is 9.97. The Hall–Kier alpha value is -1.05. The number of aliphatic hydroxyl groups excluding tert-OH is 1. The van der Waals surface area contributed by atoms with E-state index in [-0.39, 0.29) is 13.2 Å². The molecule has 6 nitrogen and oxygen atoms in total. The summed E-state index contributed by atoms with van der Waals surface area (Å²) in [7, 11) is 0. The van der Waals surface area contributed by atoms with Crippen molar-refractivity contribution in [2.75, 3.05) is 37.8 Å². The van der Waals surface area contributed by atoms with Crippen LogP contribution in [0.3, 0.4) is 0 Å². The second-order valence-corrected chi connectivity index (χ2v) is 7.46. The van der Waals surface area contributed by atoms with Gasteiger partial charge in [-0.3, -0.25) is 9.59 Å². The summed E-state index contributed by atoms with van der Waals surface area (Å²) in [5.74, 6) is 0.525. The molecule has 1 fully saturated rings. The van der Waals surface area contributed by atoms with Crippen molar-refractivity contribution in [3.63, 3.8) is 0 Å². The average Bonchev–Trinajstić information content (AvgIpc) is 3.08. The van der Waals surface area contributed by atoms with Gasteiger partial charge in [-0.1, -0.05) is 11.6 Å². The summed E-state index contributed by atoms with van der Waals surface area (Å²) in [6.07, 6.45) is 8.57. The maximum Gasteiger partial charge on any atom is 0.309 e. The molecule has 0 aromatic heterocycles. The van der Waals surface area contributed by atoms with Crippen LogP contribution in [0.4, 0.5) is 0 Å². The van der Waals surface area contributed by atoms with Gasteiger partial charge < -0.3 is 20.5 Å². The Morgan fingerprint density at radius 2 is 2.12 bits per heavy atom. The highest BCUT2D eigenvalue weighted by Crippen LogP contribution is 2.30. The van der Waals surface area contributed by atoms with Gasteiger partial charge in [0.2, 0.25) is 0 Å². The summed E-state index contributed by atoms with van der Waals surface area (Å²) in [6, 6.07) is 0. The molecule has 0 radical (unpaired) electrons. The van der Waals surface area contributed by atoms with Gasteiger partial charge >= 0.3 is 11.8 Å². The zero-order chi connectivity index (χ0) is 17.3. The minimum absolute atomic E-state index is 0.0449. The van der Waals surface area contributed by atoms with E-state index >= 15 is 0 Å². The third kappa shape index (κ3) is 6.11. The van der Waals surface area contributed by atoms with Crippen LogP contribution in [0.2, 0.25) is 0 Å². The number of hydrogen-bond donors (Lipinski definition) is 3. The first-order chi connectivity index (χ1) is 11.7. The van der Waals surface area contributed by atoms with Crippen molar-refractivity contribution in [1.82, 2.24) is 10.6 Å². The second kappa shape index (κ2) is 10.1. The predicted octanol–water partition coefficient (Wildman–Crippen LogP) is 0.994. The lowest BCUT2D eigenvalue weighted by Crippen LogP contribution is -2.49. The summed E-state index contributed by atoms with van der Waals surface area (Å²) in [5, 5.41) is 14.3. The van der Waals surface area contributed by atoms with Gasteiger partial charge in [0.05, 0.1) is 18.8 Å². The highest BCUT2D eigenvalue weighted by atomic mass is 32.2. The van der Waals surface area contributed by atoms with Gasteiger partial charge in [0.25, 0.3) is 0 Å². The van der Waals surface area contributed by atoms with Gasteiger partial charge in [-0.2, -0.15) is 11.8 Å². The number of thioether (sulfide) groups is 1. The molecule has 0 bridgehead atoms. The molecule has 1 unspecified atom stereocenters. The van der Waals surface area contributed by atoms with Gasteiger partial charge in [-0.15, -0.1) is 0 Å². The van der Waals surface area contributed by atoms with Crippen LogP contribution >= 0.6 is 11.8 Å². The van der Waals surface area contributed by atoms with E-state index in [0.717, 1.165) is 37.2 Å². The van der Waals surface area contributed by atoms with Crippen molar-refractivity contribution in [2.24, 2.45) is 0 Å². The number of nitrogens with one attached hydrogen (secondary N) is 2. The lowest BCUT2D eigenvalue weighted by Gasteiger charge is -2.28. The highest BCUT2D eigenvalue weighted by molar-refractivity contribution is 7.99. The normalized spacial score (nSPS) is 23.6. The maximum atomic E-state index is 11.9. The smallest absolute Gasteiger partial charge is 0.309 e. The van der Waals surface area contributed by atoms with Gasteiger partial charge in [0, 0.05) is 18.8 Å². The molecular formula is C17H28N2O4S. The van der Waals surface area contributed by atoms with E-state index in [1.165, 1.54) is 18.4 Å². The molecule has 1 aliphatic heterocycles. The van der Waals surface area contributed by atoms with Crippen LogP contribution in [0, 0.1) is 0 Å². The molecule has 1 heterocycles. The first-order valence-corrected chi connectivity index (χ1v) is 9.87. The van der Waals surface area contributed by atoms with E-state index in [1.54, 1.807) is 11.8 Å². The Labute approximate surface area is 147 Å². The number of ether oxygens (including phenoxy) is 1. The van der Waals surface area contributed by atoms with Crippen LogP contribution in [-0.2, 0) is 14.3 Å². The maximum absolute atomic E-state index is 11.9. The largest absolute Gasteiger partial charge is 0.394 e. The van der Waals surface area contributed by atoms with E-state index in [4.69, 9.17) is 9.84 Å². The van der Waals surface area contributed by atoms with Crippen LogP contribution in [0.25, 0.3) is 0 Å². The number of carbonyl (C=O) groups excluding carboxylic acids is 2. The molecule has 2 rings (SSSR count). The van der Waals surface area contributed by atoms with E-state index in [1.807, 2.05) is 0 Å². The van der Waals surface area contributed by atoms with Crippen LogP contribution < -0.4 is 10.6 Å². The van der Waals surface area contributed by atoms with Crippen molar-refractivity contribution in [3.8, 4) is 0 Å². The zero-order valence-corrected chi connectivity index (χ0v) is 15.0. The standard InChI is InChI=1S/C17H28N2O4S/c20-9-10-23-17(7-11-24-13-17)12-19-16(22)15(21)18-8-6-14-4-2-1-3-5-14/h4,20H,1-3,5-13H2,(H,18,21)(H,19,22). The molecule has 0 aromatic rings.